The third-order valence-electron chi connectivity index (χ3n) is 0.999. The predicted octanol–water partition coefficient (Wildman–Crippen LogP) is 0.917. The van der Waals surface area contributed by atoms with Crippen molar-refractivity contribution in [3.63, 3.8) is 0 Å². The number of hydrogen-bond acceptors (Lipinski definition) is 1. The van der Waals surface area contributed by atoms with E-state index in [1.165, 1.54) is 6.42 Å². The third kappa shape index (κ3) is 0.751. The van der Waals surface area contributed by atoms with Gasteiger partial charge in [0.25, 0.3) is 0 Å². The Bertz CT molecular complexity index is 99.5. The molecule has 4 heteroatoms. The minimum Gasteiger partial charge on any atom is -0.248 e. The second kappa shape index (κ2) is 1.71. The Morgan fingerprint density at radius 3 is 2.43 bits per heavy atom. The molecule has 0 aromatic rings. The van der Waals surface area contributed by atoms with Gasteiger partial charge in [0.15, 0.2) is 0 Å². The van der Waals surface area contributed by atoms with Crippen LogP contribution in [0.1, 0.15) is 6.42 Å². The summed E-state index contributed by atoms with van der Waals surface area (Å²) in [4.78, 5) is 2.61. The highest BCUT2D eigenvalue weighted by atomic mass is 15.6. The maximum atomic E-state index is 7.82. The van der Waals surface area contributed by atoms with Crippen LogP contribution in [0.2, 0.25) is 0 Å². The standard InChI is InChI=1S/C3H6N4/c4-5-6-7-2-1-3-7/h1-3H2. The maximum Gasteiger partial charge on any atom is 0.0922 e. The molecule has 0 amide bonds. The van der Waals surface area contributed by atoms with E-state index < -0.39 is 0 Å². The Balaban J connectivity index is 2.27. The minimum absolute atomic E-state index is 0.935. The lowest BCUT2D eigenvalue weighted by molar-refractivity contribution is 0.186. The van der Waals surface area contributed by atoms with Crippen molar-refractivity contribution in [1.82, 2.24) is 5.01 Å². The van der Waals surface area contributed by atoms with E-state index in [0.717, 1.165) is 13.1 Å². The summed E-state index contributed by atoms with van der Waals surface area (Å²) in [6.07, 6.45) is 1.17. The predicted molar refractivity (Wildman–Crippen MR) is 25.3 cm³/mol. The Kier molecular flexibility index (Phi) is 1.04. The molecule has 0 saturated carbocycles. The van der Waals surface area contributed by atoms with Gasteiger partial charge < -0.3 is 0 Å². The lowest BCUT2D eigenvalue weighted by Gasteiger charge is -2.20. The molecule has 0 aliphatic carbocycles. The molecule has 1 fully saturated rings. The van der Waals surface area contributed by atoms with Crippen molar-refractivity contribution in [2.45, 2.75) is 6.42 Å². The van der Waals surface area contributed by atoms with Crippen LogP contribution in [0, 0.1) is 0 Å². The zero-order valence-electron chi connectivity index (χ0n) is 3.91. The monoisotopic (exact) mass is 98.1 g/mol. The molecule has 1 rings (SSSR count). The summed E-state index contributed by atoms with van der Waals surface area (Å²) in [5.74, 6) is 0. The smallest absolute Gasteiger partial charge is 0.0922 e. The first-order valence-corrected chi connectivity index (χ1v) is 2.23. The lowest BCUT2D eigenvalue weighted by atomic mass is 10.3. The molecule has 0 spiro atoms. The Morgan fingerprint density at radius 2 is 2.29 bits per heavy atom. The SMILES string of the molecule is [N-]=[N+]=NN1CCC1. The average molecular weight is 98.1 g/mol. The van der Waals surface area contributed by atoms with E-state index in [0.29, 0.717) is 0 Å². The third-order valence-corrected chi connectivity index (χ3v) is 0.999. The number of rotatable bonds is 1. The average Bonchev–Trinajstić information content (AvgIpc) is 1.55. The van der Waals surface area contributed by atoms with Gasteiger partial charge in [-0.05, 0) is 5.22 Å². The van der Waals surface area contributed by atoms with Crippen LogP contribution in [-0.4, -0.2) is 18.1 Å². The second-order valence-corrected chi connectivity index (χ2v) is 1.49. The Labute approximate surface area is 41.3 Å². The van der Waals surface area contributed by atoms with Crippen LogP contribution in [0.4, 0.5) is 0 Å². The van der Waals surface area contributed by atoms with Gasteiger partial charge >= 0.3 is 0 Å². The normalized spacial score (nSPS) is 17.4. The first-order valence-electron chi connectivity index (χ1n) is 2.23. The van der Waals surface area contributed by atoms with Crippen molar-refractivity contribution >= 4 is 0 Å². The van der Waals surface area contributed by atoms with Gasteiger partial charge in [-0.1, -0.05) is 0 Å². The summed E-state index contributed by atoms with van der Waals surface area (Å²) in [5.41, 5.74) is 7.82. The van der Waals surface area contributed by atoms with E-state index in [1.807, 2.05) is 0 Å². The van der Waals surface area contributed by atoms with Gasteiger partial charge in [0.1, 0.15) is 0 Å². The van der Waals surface area contributed by atoms with Crippen LogP contribution < -0.4 is 0 Å². The zero-order chi connectivity index (χ0) is 5.11. The van der Waals surface area contributed by atoms with E-state index in [1.54, 1.807) is 5.01 Å². The van der Waals surface area contributed by atoms with E-state index in [9.17, 15) is 0 Å². The van der Waals surface area contributed by atoms with Crippen LogP contribution in [0.3, 0.4) is 0 Å². The molecule has 1 saturated heterocycles. The molecule has 0 N–H and O–H groups in total. The van der Waals surface area contributed by atoms with Crippen LogP contribution in [0.15, 0.2) is 5.22 Å². The molecule has 0 bridgehead atoms. The molecular weight excluding hydrogens is 92.1 g/mol. The molecule has 7 heavy (non-hydrogen) atoms. The fourth-order valence-corrected chi connectivity index (χ4v) is 0.446. The van der Waals surface area contributed by atoms with E-state index in [2.05, 4.69) is 10.1 Å². The van der Waals surface area contributed by atoms with E-state index in [4.69, 9.17) is 5.53 Å². The van der Waals surface area contributed by atoms with Crippen LogP contribution in [-0.2, 0) is 0 Å². The van der Waals surface area contributed by atoms with Crippen LogP contribution >= 0.6 is 0 Å². The summed E-state index contributed by atoms with van der Waals surface area (Å²) in [6.45, 7) is 1.87. The van der Waals surface area contributed by atoms with E-state index >= 15 is 0 Å². The van der Waals surface area contributed by atoms with Gasteiger partial charge in [0.2, 0.25) is 0 Å². The van der Waals surface area contributed by atoms with Crippen molar-refractivity contribution in [2.24, 2.45) is 5.22 Å². The Morgan fingerprint density at radius 1 is 1.57 bits per heavy atom. The molecule has 0 unspecified atom stereocenters. The van der Waals surface area contributed by atoms with E-state index in [-0.39, 0.29) is 0 Å². The summed E-state index contributed by atoms with van der Waals surface area (Å²) in [7, 11) is 0. The quantitative estimate of drug-likeness (QED) is 0.273. The topological polar surface area (TPSA) is 52.0 Å². The summed E-state index contributed by atoms with van der Waals surface area (Å²) >= 11 is 0. The van der Waals surface area contributed by atoms with Gasteiger partial charge in [-0.2, -0.15) is 4.91 Å². The van der Waals surface area contributed by atoms with Crippen molar-refractivity contribution < 1.29 is 0 Å². The highest BCUT2D eigenvalue weighted by Gasteiger charge is 2.13. The number of nitrogens with zero attached hydrogens (tertiary/aromatic N) is 4. The molecule has 38 valence electrons. The van der Waals surface area contributed by atoms with Gasteiger partial charge in [0, 0.05) is 6.42 Å². The summed E-state index contributed by atoms with van der Waals surface area (Å²) < 4.78 is 0. The molecule has 1 heterocycles. The molecular formula is C3H6N4. The Hall–Kier alpha value is -0.890. The largest absolute Gasteiger partial charge is 0.248 e. The van der Waals surface area contributed by atoms with Crippen molar-refractivity contribution in [3.05, 3.63) is 10.4 Å². The minimum atomic E-state index is 0.935. The fourth-order valence-electron chi connectivity index (χ4n) is 0.446. The maximum absolute atomic E-state index is 7.82. The summed E-state index contributed by atoms with van der Waals surface area (Å²) in [5, 5.41) is 5.04. The van der Waals surface area contributed by atoms with Gasteiger partial charge in [0.05, 0.1) is 13.1 Å². The van der Waals surface area contributed by atoms with Crippen molar-refractivity contribution in [1.29, 1.82) is 0 Å². The highest BCUT2D eigenvalue weighted by molar-refractivity contribution is 4.62. The molecule has 0 atom stereocenters. The molecule has 0 aromatic heterocycles. The fraction of sp³-hybridized carbons (Fsp3) is 1.00. The lowest BCUT2D eigenvalue weighted by Crippen LogP contribution is -2.31. The summed E-state index contributed by atoms with van der Waals surface area (Å²) in [6, 6.07) is 0. The molecule has 4 nitrogen and oxygen atoms in total. The number of azide groups is 1. The second-order valence-electron chi connectivity index (χ2n) is 1.49. The van der Waals surface area contributed by atoms with Gasteiger partial charge in [-0.15, -0.1) is 5.53 Å². The molecule has 1 aliphatic heterocycles. The zero-order valence-corrected chi connectivity index (χ0v) is 3.91. The molecule has 0 radical (unpaired) electrons. The molecule has 0 aromatic carbocycles. The van der Waals surface area contributed by atoms with Gasteiger partial charge in [-0.3, -0.25) is 0 Å². The van der Waals surface area contributed by atoms with Crippen molar-refractivity contribution in [3.8, 4) is 0 Å². The first kappa shape index (κ1) is 4.27. The van der Waals surface area contributed by atoms with Crippen molar-refractivity contribution in [2.75, 3.05) is 13.1 Å². The number of hydrogen-bond donors (Lipinski definition) is 0. The molecule has 1 aliphatic rings. The highest BCUT2D eigenvalue weighted by Crippen LogP contribution is 2.04. The first-order chi connectivity index (χ1) is 3.43. The van der Waals surface area contributed by atoms with Crippen LogP contribution in [0.5, 0.6) is 0 Å². The van der Waals surface area contributed by atoms with Gasteiger partial charge in [-0.25, -0.2) is 5.01 Å². The van der Waals surface area contributed by atoms with Crippen LogP contribution in [0.25, 0.3) is 10.4 Å².